The van der Waals surface area contributed by atoms with Gasteiger partial charge in [0.25, 0.3) is 0 Å². The molecule has 1 saturated heterocycles. The predicted octanol–water partition coefficient (Wildman–Crippen LogP) is 2.39. The van der Waals surface area contributed by atoms with E-state index < -0.39 is 0 Å². The fraction of sp³-hybridized carbons (Fsp3) is 0.467. The molecule has 0 aromatic heterocycles. The molecule has 1 heterocycles. The summed E-state index contributed by atoms with van der Waals surface area (Å²) < 4.78 is 0. The molecule has 0 bridgehead atoms. The summed E-state index contributed by atoms with van der Waals surface area (Å²) in [5.41, 5.74) is 0.940. The van der Waals surface area contributed by atoms with E-state index in [1.54, 1.807) is 0 Å². The molecule has 1 aliphatic heterocycles. The van der Waals surface area contributed by atoms with Crippen molar-refractivity contribution in [2.45, 2.75) is 19.4 Å². The fourth-order valence-electron chi connectivity index (χ4n) is 2.39. The van der Waals surface area contributed by atoms with Gasteiger partial charge in [-0.2, -0.15) is 0 Å². The molecule has 0 spiro atoms. The maximum atomic E-state index is 9.35. The molecule has 3 heteroatoms. The summed E-state index contributed by atoms with van der Waals surface area (Å²) in [6, 6.07) is 7.83. The van der Waals surface area contributed by atoms with Gasteiger partial charge in [0, 0.05) is 16.6 Å². The van der Waals surface area contributed by atoms with E-state index in [0.29, 0.717) is 17.5 Å². The van der Waals surface area contributed by atoms with Crippen LogP contribution in [-0.4, -0.2) is 35.7 Å². The number of likely N-dealkylation sites (tertiary alicyclic amines) is 1. The number of halogens is 1. The first-order valence-electron chi connectivity index (χ1n) is 6.30. The van der Waals surface area contributed by atoms with Crippen LogP contribution in [0.4, 0.5) is 0 Å². The molecule has 1 aromatic carbocycles. The molecule has 96 valence electrons. The summed E-state index contributed by atoms with van der Waals surface area (Å²) >= 11 is 5.90. The average Bonchev–Trinajstić information content (AvgIpc) is 2.70. The smallest absolute Gasteiger partial charge is 0.0608 e. The van der Waals surface area contributed by atoms with Crippen LogP contribution in [-0.2, 0) is 0 Å². The van der Waals surface area contributed by atoms with Gasteiger partial charge in [-0.1, -0.05) is 36.4 Å². The van der Waals surface area contributed by atoms with Crippen molar-refractivity contribution in [2.24, 2.45) is 5.92 Å². The summed E-state index contributed by atoms with van der Waals surface area (Å²) in [6.07, 6.45) is 1.14. The van der Waals surface area contributed by atoms with Crippen molar-refractivity contribution >= 4 is 11.6 Å². The van der Waals surface area contributed by atoms with Crippen LogP contribution in [0.2, 0.25) is 5.02 Å². The van der Waals surface area contributed by atoms with Crippen molar-refractivity contribution < 1.29 is 5.11 Å². The van der Waals surface area contributed by atoms with Gasteiger partial charge >= 0.3 is 0 Å². The lowest BCUT2D eigenvalue weighted by atomic mass is 10.0. The third-order valence-corrected chi connectivity index (χ3v) is 3.76. The van der Waals surface area contributed by atoms with E-state index in [2.05, 4.69) is 23.7 Å². The lowest BCUT2D eigenvalue weighted by molar-refractivity contribution is 0.151. The zero-order chi connectivity index (χ0) is 13.0. The number of benzene rings is 1. The van der Waals surface area contributed by atoms with Crippen molar-refractivity contribution in [1.82, 2.24) is 4.90 Å². The molecule has 0 saturated carbocycles. The number of hydrogen-bond donors (Lipinski definition) is 1. The fourth-order valence-corrected chi connectivity index (χ4v) is 2.58. The highest BCUT2D eigenvalue weighted by molar-refractivity contribution is 6.30. The molecular formula is C15H18ClNO. The van der Waals surface area contributed by atoms with E-state index in [1.165, 1.54) is 0 Å². The Hall–Kier alpha value is -1.01. The summed E-state index contributed by atoms with van der Waals surface area (Å²) in [5.74, 6) is 6.83. The van der Waals surface area contributed by atoms with Crippen LogP contribution in [0.3, 0.4) is 0 Å². The van der Waals surface area contributed by atoms with Gasteiger partial charge in [-0.05, 0) is 37.1 Å². The number of rotatable bonds is 2. The molecule has 18 heavy (non-hydrogen) atoms. The molecule has 0 radical (unpaired) electrons. The van der Waals surface area contributed by atoms with E-state index in [1.807, 2.05) is 24.3 Å². The molecule has 1 fully saturated rings. The van der Waals surface area contributed by atoms with Gasteiger partial charge in [-0.25, -0.2) is 0 Å². The predicted molar refractivity (Wildman–Crippen MR) is 74.6 cm³/mol. The van der Waals surface area contributed by atoms with Gasteiger partial charge in [-0.3, -0.25) is 4.90 Å². The van der Waals surface area contributed by atoms with E-state index in [4.69, 9.17) is 11.6 Å². The molecule has 2 rings (SSSR count). The largest absolute Gasteiger partial charge is 0.395 e. The van der Waals surface area contributed by atoms with Crippen LogP contribution in [0.5, 0.6) is 0 Å². The first-order chi connectivity index (χ1) is 8.70. The van der Waals surface area contributed by atoms with Crippen LogP contribution in [0, 0.1) is 17.8 Å². The zero-order valence-corrected chi connectivity index (χ0v) is 11.3. The van der Waals surface area contributed by atoms with Crippen LogP contribution in [0.25, 0.3) is 0 Å². The number of aliphatic hydroxyl groups is 1. The quantitative estimate of drug-likeness (QED) is 0.829. The van der Waals surface area contributed by atoms with Crippen molar-refractivity contribution in [3.05, 3.63) is 34.9 Å². The van der Waals surface area contributed by atoms with Gasteiger partial charge in [-0.15, -0.1) is 0 Å². The highest BCUT2D eigenvalue weighted by Gasteiger charge is 2.29. The van der Waals surface area contributed by atoms with Gasteiger partial charge in [0.2, 0.25) is 0 Å². The minimum atomic E-state index is 0.222. The van der Waals surface area contributed by atoms with Crippen LogP contribution in [0.15, 0.2) is 24.3 Å². The maximum Gasteiger partial charge on any atom is 0.0608 e. The second-order valence-electron chi connectivity index (χ2n) is 4.80. The van der Waals surface area contributed by atoms with Crippen molar-refractivity contribution in [2.75, 3.05) is 19.7 Å². The molecule has 1 aliphatic rings. The third kappa shape index (κ3) is 3.26. The molecule has 2 unspecified atom stereocenters. The highest BCUT2D eigenvalue weighted by atomic mass is 35.5. The van der Waals surface area contributed by atoms with Crippen molar-refractivity contribution in [3.8, 4) is 11.8 Å². The summed E-state index contributed by atoms with van der Waals surface area (Å²) in [5, 5.41) is 10.1. The standard InChI is InChI=1S/C15H18ClNO/c1-12-7-9-17(15(12)11-18)8-3-5-13-4-2-6-14(16)10-13/h2,4,6,10,12,15,18H,7-9,11H2,1H3. The Morgan fingerprint density at radius 3 is 3.06 bits per heavy atom. The lowest BCUT2D eigenvalue weighted by Crippen LogP contribution is -2.35. The Morgan fingerprint density at radius 2 is 2.33 bits per heavy atom. The van der Waals surface area contributed by atoms with Crippen molar-refractivity contribution in [1.29, 1.82) is 0 Å². The lowest BCUT2D eigenvalue weighted by Gasteiger charge is -2.22. The molecule has 2 nitrogen and oxygen atoms in total. The minimum absolute atomic E-state index is 0.222. The van der Waals surface area contributed by atoms with Crippen LogP contribution < -0.4 is 0 Å². The molecule has 2 atom stereocenters. The van der Waals surface area contributed by atoms with E-state index >= 15 is 0 Å². The maximum absolute atomic E-state index is 9.35. The zero-order valence-electron chi connectivity index (χ0n) is 10.6. The summed E-state index contributed by atoms with van der Waals surface area (Å²) in [7, 11) is 0. The minimum Gasteiger partial charge on any atom is -0.395 e. The third-order valence-electron chi connectivity index (χ3n) is 3.52. The van der Waals surface area contributed by atoms with Gasteiger partial charge < -0.3 is 5.11 Å². The monoisotopic (exact) mass is 263 g/mol. The average molecular weight is 264 g/mol. The Morgan fingerprint density at radius 1 is 1.50 bits per heavy atom. The number of hydrogen-bond acceptors (Lipinski definition) is 2. The van der Waals surface area contributed by atoms with E-state index in [0.717, 1.165) is 18.5 Å². The highest BCUT2D eigenvalue weighted by Crippen LogP contribution is 2.22. The SMILES string of the molecule is CC1CCN(CC#Cc2cccc(Cl)c2)C1CO. The normalized spacial score (nSPS) is 23.7. The first kappa shape index (κ1) is 13.4. The second-order valence-corrected chi connectivity index (χ2v) is 5.23. The first-order valence-corrected chi connectivity index (χ1v) is 6.68. The van der Waals surface area contributed by atoms with Crippen molar-refractivity contribution in [3.63, 3.8) is 0 Å². The Balaban J connectivity index is 1.96. The van der Waals surface area contributed by atoms with Crippen LogP contribution in [0.1, 0.15) is 18.9 Å². The molecule has 1 aromatic rings. The number of aliphatic hydroxyl groups excluding tert-OH is 1. The number of nitrogens with zero attached hydrogens (tertiary/aromatic N) is 1. The summed E-state index contributed by atoms with van der Waals surface area (Å²) in [6.45, 7) is 4.14. The van der Waals surface area contributed by atoms with E-state index in [9.17, 15) is 5.11 Å². The molecule has 0 amide bonds. The summed E-state index contributed by atoms with van der Waals surface area (Å²) in [4.78, 5) is 2.25. The van der Waals surface area contributed by atoms with Gasteiger partial charge in [0.05, 0.1) is 13.2 Å². The Labute approximate surface area is 114 Å². The Bertz CT molecular complexity index is 463. The second kappa shape index (κ2) is 6.24. The topological polar surface area (TPSA) is 23.5 Å². The van der Waals surface area contributed by atoms with Gasteiger partial charge in [0.15, 0.2) is 0 Å². The molecular weight excluding hydrogens is 246 g/mol. The van der Waals surface area contributed by atoms with Crippen LogP contribution >= 0.6 is 11.6 Å². The van der Waals surface area contributed by atoms with E-state index in [-0.39, 0.29) is 12.6 Å². The van der Waals surface area contributed by atoms with Gasteiger partial charge in [0.1, 0.15) is 0 Å². The molecule has 0 aliphatic carbocycles. The molecule has 1 N–H and O–H groups in total. The Kier molecular flexibility index (Phi) is 4.66.